The summed E-state index contributed by atoms with van der Waals surface area (Å²) in [4.78, 5) is 0. The average molecular weight is 284 g/mol. The van der Waals surface area contributed by atoms with Crippen LogP contribution in [0.2, 0.25) is 0 Å². The number of rotatable bonds is 4. The largest absolute Gasteiger partial charge is 0.375 e. The average Bonchev–Trinajstić information content (AvgIpc) is 2.44. The molecule has 0 amide bonds. The SMILES string of the molecule is NNC(CC1CCSCC1)C1CCOC2(CCC2)C1. The van der Waals surface area contributed by atoms with Gasteiger partial charge in [-0.05, 0) is 74.7 Å². The number of hydrogen-bond acceptors (Lipinski definition) is 4. The molecule has 3 nitrogen and oxygen atoms in total. The van der Waals surface area contributed by atoms with Crippen LogP contribution < -0.4 is 11.3 Å². The van der Waals surface area contributed by atoms with E-state index in [0.29, 0.717) is 6.04 Å². The van der Waals surface area contributed by atoms with Gasteiger partial charge in [-0.15, -0.1) is 0 Å². The van der Waals surface area contributed by atoms with Crippen molar-refractivity contribution in [1.82, 2.24) is 5.43 Å². The highest BCUT2D eigenvalue weighted by molar-refractivity contribution is 7.99. The maximum absolute atomic E-state index is 6.04. The van der Waals surface area contributed by atoms with E-state index in [9.17, 15) is 0 Å². The molecule has 2 heterocycles. The number of ether oxygens (including phenoxy) is 1. The minimum atomic E-state index is 0.250. The van der Waals surface area contributed by atoms with E-state index in [4.69, 9.17) is 10.6 Å². The lowest BCUT2D eigenvalue weighted by Gasteiger charge is -2.49. The third kappa shape index (κ3) is 3.29. The third-order valence-corrected chi connectivity index (χ3v) is 6.56. The molecule has 19 heavy (non-hydrogen) atoms. The fraction of sp³-hybridized carbons (Fsp3) is 1.00. The third-order valence-electron chi connectivity index (χ3n) is 5.51. The number of hydrazine groups is 1. The van der Waals surface area contributed by atoms with Crippen LogP contribution in [0, 0.1) is 11.8 Å². The highest BCUT2D eigenvalue weighted by Gasteiger charge is 2.44. The molecule has 1 spiro atoms. The summed E-state index contributed by atoms with van der Waals surface area (Å²) >= 11 is 2.11. The molecule has 0 aromatic rings. The molecule has 1 saturated carbocycles. The van der Waals surface area contributed by atoms with Crippen LogP contribution >= 0.6 is 11.8 Å². The molecule has 1 aliphatic carbocycles. The molecule has 2 atom stereocenters. The Balaban J connectivity index is 1.54. The molecular formula is C15H28N2OS. The second-order valence-electron chi connectivity index (χ2n) is 6.70. The van der Waals surface area contributed by atoms with Crippen molar-refractivity contribution in [2.75, 3.05) is 18.1 Å². The lowest BCUT2D eigenvalue weighted by atomic mass is 9.69. The molecule has 2 aliphatic heterocycles. The monoisotopic (exact) mass is 284 g/mol. The fourth-order valence-corrected chi connectivity index (χ4v) is 5.27. The van der Waals surface area contributed by atoms with Gasteiger partial charge in [-0.2, -0.15) is 11.8 Å². The molecule has 2 unspecified atom stereocenters. The second-order valence-corrected chi connectivity index (χ2v) is 7.93. The highest BCUT2D eigenvalue weighted by atomic mass is 32.2. The quantitative estimate of drug-likeness (QED) is 0.615. The highest BCUT2D eigenvalue weighted by Crippen LogP contribution is 2.45. The van der Waals surface area contributed by atoms with Crippen LogP contribution in [0.25, 0.3) is 0 Å². The summed E-state index contributed by atoms with van der Waals surface area (Å²) in [5.74, 6) is 10.2. The normalized spacial score (nSPS) is 33.0. The molecule has 2 saturated heterocycles. The van der Waals surface area contributed by atoms with E-state index in [1.54, 1.807) is 0 Å². The van der Waals surface area contributed by atoms with Crippen molar-refractivity contribution in [2.45, 2.75) is 63.0 Å². The first-order valence-corrected chi connectivity index (χ1v) is 9.15. The van der Waals surface area contributed by atoms with Gasteiger partial charge in [0.05, 0.1) is 5.60 Å². The van der Waals surface area contributed by atoms with Crippen molar-refractivity contribution in [2.24, 2.45) is 17.7 Å². The number of nitrogens with two attached hydrogens (primary N) is 1. The molecule has 3 fully saturated rings. The van der Waals surface area contributed by atoms with Crippen molar-refractivity contribution in [3.8, 4) is 0 Å². The first-order valence-electron chi connectivity index (χ1n) is 7.99. The van der Waals surface area contributed by atoms with E-state index in [-0.39, 0.29) is 5.60 Å². The second kappa shape index (κ2) is 6.33. The number of hydrogen-bond donors (Lipinski definition) is 2. The smallest absolute Gasteiger partial charge is 0.0685 e. The maximum Gasteiger partial charge on any atom is 0.0685 e. The van der Waals surface area contributed by atoms with E-state index >= 15 is 0 Å². The Bertz CT molecular complexity index is 290. The van der Waals surface area contributed by atoms with Gasteiger partial charge in [-0.1, -0.05) is 0 Å². The predicted octanol–water partition coefficient (Wildman–Crippen LogP) is 2.70. The molecule has 3 aliphatic rings. The van der Waals surface area contributed by atoms with Crippen LogP contribution in [0.15, 0.2) is 0 Å². The Labute approximate surface area is 121 Å². The van der Waals surface area contributed by atoms with E-state index < -0.39 is 0 Å². The van der Waals surface area contributed by atoms with Gasteiger partial charge in [-0.3, -0.25) is 11.3 Å². The summed E-state index contributed by atoms with van der Waals surface area (Å²) in [5.41, 5.74) is 3.39. The summed E-state index contributed by atoms with van der Waals surface area (Å²) in [6.07, 6.45) is 10.4. The Morgan fingerprint density at radius 3 is 2.68 bits per heavy atom. The first kappa shape index (κ1) is 14.2. The van der Waals surface area contributed by atoms with Crippen LogP contribution in [-0.2, 0) is 4.74 Å². The van der Waals surface area contributed by atoms with Gasteiger partial charge in [0.2, 0.25) is 0 Å². The zero-order chi connectivity index (χ0) is 13.1. The summed E-state index contributed by atoms with van der Waals surface area (Å²) in [5, 5.41) is 0. The zero-order valence-electron chi connectivity index (χ0n) is 11.9. The Morgan fingerprint density at radius 1 is 1.26 bits per heavy atom. The van der Waals surface area contributed by atoms with E-state index in [2.05, 4.69) is 17.2 Å². The van der Waals surface area contributed by atoms with E-state index in [1.807, 2.05) is 0 Å². The predicted molar refractivity (Wildman–Crippen MR) is 81.0 cm³/mol. The maximum atomic E-state index is 6.04. The lowest BCUT2D eigenvalue weighted by Crippen LogP contribution is -2.52. The van der Waals surface area contributed by atoms with Gasteiger partial charge in [-0.25, -0.2) is 0 Å². The first-order chi connectivity index (χ1) is 9.31. The van der Waals surface area contributed by atoms with Crippen LogP contribution in [0.4, 0.5) is 0 Å². The zero-order valence-corrected chi connectivity index (χ0v) is 12.7. The number of nitrogens with one attached hydrogen (secondary N) is 1. The van der Waals surface area contributed by atoms with Gasteiger partial charge in [0.15, 0.2) is 0 Å². The van der Waals surface area contributed by atoms with Crippen LogP contribution in [-0.4, -0.2) is 29.8 Å². The Morgan fingerprint density at radius 2 is 2.05 bits per heavy atom. The molecule has 110 valence electrons. The van der Waals surface area contributed by atoms with E-state index in [1.165, 1.54) is 62.9 Å². The van der Waals surface area contributed by atoms with Crippen molar-refractivity contribution in [1.29, 1.82) is 0 Å². The summed E-state index contributed by atoms with van der Waals surface area (Å²) in [7, 11) is 0. The number of thioether (sulfide) groups is 1. The van der Waals surface area contributed by atoms with Gasteiger partial charge in [0.25, 0.3) is 0 Å². The van der Waals surface area contributed by atoms with Crippen molar-refractivity contribution in [3.63, 3.8) is 0 Å². The Kier molecular flexibility index (Phi) is 4.73. The van der Waals surface area contributed by atoms with E-state index in [0.717, 1.165) is 18.4 Å². The summed E-state index contributed by atoms with van der Waals surface area (Å²) < 4.78 is 6.04. The standard InChI is InChI=1S/C15H28N2OS/c16-17-14(10-12-3-8-19-9-4-12)13-2-7-18-15(11-13)5-1-6-15/h12-14,17H,1-11,16H2. The van der Waals surface area contributed by atoms with Crippen molar-refractivity contribution >= 4 is 11.8 Å². The molecule has 0 radical (unpaired) electrons. The van der Waals surface area contributed by atoms with Crippen molar-refractivity contribution in [3.05, 3.63) is 0 Å². The topological polar surface area (TPSA) is 47.3 Å². The molecule has 0 aromatic heterocycles. The van der Waals surface area contributed by atoms with Gasteiger partial charge < -0.3 is 4.74 Å². The molecule has 4 heteroatoms. The van der Waals surface area contributed by atoms with Gasteiger partial charge in [0.1, 0.15) is 0 Å². The van der Waals surface area contributed by atoms with Crippen LogP contribution in [0.3, 0.4) is 0 Å². The van der Waals surface area contributed by atoms with Gasteiger partial charge >= 0.3 is 0 Å². The molecule has 3 N–H and O–H groups in total. The minimum absolute atomic E-state index is 0.250. The minimum Gasteiger partial charge on any atom is -0.375 e. The molecule has 0 aromatic carbocycles. The van der Waals surface area contributed by atoms with Crippen molar-refractivity contribution < 1.29 is 4.74 Å². The van der Waals surface area contributed by atoms with Crippen LogP contribution in [0.5, 0.6) is 0 Å². The molecular weight excluding hydrogens is 256 g/mol. The molecule has 0 bridgehead atoms. The Hall–Kier alpha value is 0.230. The summed E-state index contributed by atoms with van der Waals surface area (Å²) in [6, 6.07) is 0.509. The lowest BCUT2D eigenvalue weighted by molar-refractivity contribution is -0.147. The van der Waals surface area contributed by atoms with Crippen LogP contribution in [0.1, 0.15) is 51.4 Å². The fourth-order valence-electron chi connectivity index (χ4n) is 4.07. The van der Waals surface area contributed by atoms with Gasteiger partial charge in [0, 0.05) is 12.6 Å². The molecule has 3 rings (SSSR count). The summed E-state index contributed by atoms with van der Waals surface area (Å²) in [6.45, 7) is 0.948.